The standard InChI is InChI=1S/C31H31N3O5S2/c1-6-38-30(36)27-18(4)28(31(37)39-7-2)40-26(27)14-24(35)21(15-32)13-20-12-17(3)34(19(20)5)29-23(16-33)22-10-8-9-11-25(22)41-29/h12-13H,6-11,14H2,1-5H3. The Balaban J connectivity index is 1.71. The van der Waals surface area contributed by atoms with Crippen molar-refractivity contribution in [2.45, 2.75) is 66.7 Å². The summed E-state index contributed by atoms with van der Waals surface area (Å²) < 4.78 is 12.3. The first kappa shape index (κ1) is 30.0. The number of aryl methyl sites for hydroxylation is 2. The number of carbonyl (C=O) groups excluding carboxylic acids is 3. The molecule has 0 unspecified atom stereocenters. The maximum Gasteiger partial charge on any atom is 0.348 e. The third-order valence-electron chi connectivity index (χ3n) is 7.14. The first-order chi connectivity index (χ1) is 19.7. The minimum absolute atomic E-state index is 0.0743. The summed E-state index contributed by atoms with van der Waals surface area (Å²) in [7, 11) is 0. The third-order valence-corrected chi connectivity index (χ3v) is 9.69. The van der Waals surface area contributed by atoms with E-state index in [-0.39, 0.29) is 35.6 Å². The highest BCUT2D eigenvalue weighted by atomic mass is 32.1. The number of hydrogen-bond acceptors (Lipinski definition) is 9. The van der Waals surface area contributed by atoms with Crippen molar-refractivity contribution in [3.63, 3.8) is 0 Å². The lowest BCUT2D eigenvalue weighted by Gasteiger charge is -2.10. The summed E-state index contributed by atoms with van der Waals surface area (Å²) in [6, 6.07) is 6.32. The molecular formula is C31H31N3O5S2. The van der Waals surface area contributed by atoms with Crippen LogP contribution in [0.4, 0.5) is 0 Å². The summed E-state index contributed by atoms with van der Waals surface area (Å²) in [6.07, 6.45) is 5.38. The highest BCUT2D eigenvalue weighted by Gasteiger charge is 2.28. The van der Waals surface area contributed by atoms with E-state index in [1.807, 2.05) is 30.6 Å². The number of fused-ring (bicyclic) bond motifs is 1. The van der Waals surface area contributed by atoms with E-state index in [1.165, 1.54) is 4.88 Å². The molecule has 0 atom stereocenters. The van der Waals surface area contributed by atoms with Gasteiger partial charge in [-0.1, -0.05) is 0 Å². The van der Waals surface area contributed by atoms with E-state index in [1.54, 1.807) is 38.2 Å². The van der Waals surface area contributed by atoms with E-state index < -0.39 is 17.7 Å². The summed E-state index contributed by atoms with van der Waals surface area (Å²) in [5, 5.41) is 20.8. The first-order valence-electron chi connectivity index (χ1n) is 13.5. The van der Waals surface area contributed by atoms with Crippen molar-refractivity contribution >= 4 is 46.5 Å². The molecule has 0 spiro atoms. The van der Waals surface area contributed by atoms with E-state index in [0.717, 1.165) is 59.0 Å². The number of carbonyl (C=O) groups is 3. The van der Waals surface area contributed by atoms with Gasteiger partial charge in [-0.05, 0) is 89.1 Å². The smallest absolute Gasteiger partial charge is 0.348 e. The van der Waals surface area contributed by atoms with Gasteiger partial charge in [0.15, 0.2) is 5.78 Å². The minimum atomic E-state index is -0.627. The second-order valence-corrected chi connectivity index (χ2v) is 11.9. The number of hydrogen-bond donors (Lipinski definition) is 0. The predicted molar refractivity (Wildman–Crippen MR) is 158 cm³/mol. The van der Waals surface area contributed by atoms with Gasteiger partial charge in [0, 0.05) is 27.6 Å². The van der Waals surface area contributed by atoms with Crippen LogP contribution in [0.5, 0.6) is 0 Å². The van der Waals surface area contributed by atoms with Crippen LogP contribution in [0.25, 0.3) is 11.1 Å². The molecule has 1 aliphatic rings. The van der Waals surface area contributed by atoms with Gasteiger partial charge in [0.2, 0.25) is 0 Å². The summed E-state index contributed by atoms with van der Waals surface area (Å²) in [4.78, 5) is 40.5. The van der Waals surface area contributed by atoms with Crippen LogP contribution >= 0.6 is 22.7 Å². The number of ketones is 1. The van der Waals surface area contributed by atoms with Crippen LogP contribution < -0.4 is 0 Å². The zero-order valence-electron chi connectivity index (χ0n) is 23.8. The van der Waals surface area contributed by atoms with Gasteiger partial charge in [-0.25, -0.2) is 9.59 Å². The Morgan fingerprint density at radius 3 is 2.37 bits per heavy atom. The minimum Gasteiger partial charge on any atom is -0.462 e. The number of ether oxygens (including phenoxy) is 2. The van der Waals surface area contributed by atoms with E-state index in [4.69, 9.17) is 9.47 Å². The normalized spacial score (nSPS) is 12.8. The molecule has 0 bridgehead atoms. The van der Waals surface area contributed by atoms with Crippen LogP contribution in [-0.2, 0) is 33.5 Å². The second-order valence-electron chi connectivity index (χ2n) is 9.73. The number of aromatic nitrogens is 1. The molecule has 1 aliphatic carbocycles. The van der Waals surface area contributed by atoms with Crippen LogP contribution in [0, 0.1) is 43.4 Å². The average Bonchev–Trinajstić information content (AvgIpc) is 3.56. The molecule has 0 saturated heterocycles. The zero-order valence-corrected chi connectivity index (χ0v) is 25.4. The molecule has 0 fully saturated rings. The molecule has 41 heavy (non-hydrogen) atoms. The van der Waals surface area contributed by atoms with Crippen LogP contribution in [0.3, 0.4) is 0 Å². The van der Waals surface area contributed by atoms with Gasteiger partial charge >= 0.3 is 11.9 Å². The quantitative estimate of drug-likeness (QED) is 0.162. The van der Waals surface area contributed by atoms with Crippen molar-refractivity contribution in [2.24, 2.45) is 0 Å². The van der Waals surface area contributed by atoms with Crippen molar-refractivity contribution < 1.29 is 23.9 Å². The number of esters is 2. The Bertz CT molecular complexity index is 1660. The summed E-state index contributed by atoms with van der Waals surface area (Å²) in [5.41, 5.74) is 4.74. The maximum absolute atomic E-state index is 13.4. The van der Waals surface area contributed by atoms with Crippen LogP contribution in [-0.4, -0.2) is 35.5 Å². The maximum atomic E-state index is 13.4. The van der Waals surface area contributed by atoms with Crippen LogP contribution in [0.15, 0.2) is 11.6 Å². The molecule has 8 nitrogen and oxygen atoms in total. The number of thiophene rings is 2. The molecule has 0 N–H and O–H groups in total. The molecule has 0 saturated carbocycles. The Labute approximate surface area is 247 Å². The SMILES string of the molecule is CCOC(=O)c1sc(CC(=O)C(C#N)=Cc2cc(C)n(-c3sc4c(c3C#N)CCCC4)c2C)c(C(=O)OCC)c1C. The molecule has 0 aliphatic heterocycles. The topological polar surface area (TPSA) is 122 Å². The molecule has 0 aromatic carbocycles. The fourth-order valence-corrected chi connectivity index (χ4v) is 7.84. The molecule has 3 heterocycles. The molecule has 212 valence electrons. The van der Waals surface area contributed by atoms with E-state index in [9.17, 15) is 24.9 Å². The number of allylic oxidation sites excluding steroid dienone is 1. The van der Waals surface area contributed by atoms with E-state index >= 15 is 0 Å². The van der Waals surface area contributed by atoms with Crippen LogP contribution in [0.1, 0.15) is 90.1 Å². The van der Waals surface area contributed by atoms with Gasteiger partial charge < -0.3 is 14.0 Å². The van der Waals surface area contributed by atoms with Gasteiger partial charge in [-0.2, -0.15) is 10.5 Å². The highest BCUT2D eigenvalue weighted by Crippen LogP contribution is 2.38. The average molecular weight is 590 g/mol. The van der Waals surface area contributed by atoms with Crippen LogP contribution in [0.2, 0.25) is 0 Å². The second kappa shape index (κ2) is 12.7. The molecule has 3 aromatic heterocycles. The van der Waals surface area contributed by atoms with Gasteiger partial charge in [0.25, 0.3) is 0 Å². The summed E-state index contributed by atoms with van der Waals surface area (Å²) in [6.45, 7) is 9.14. The van der Waals surface area contributed by atoms with E-state index in [0.29, 0.717) is 21.6 Å². The van der Waals surface area contributed by atoms with Crippen molar-refractivity contribution in [1.29, 1.82) is 10.5 Å². The van der Waals surface area contributed by atoms with E-state index in [2.05, 4.69) is 6.07 Å². The fraction of sp³-hybridized carbons (Fsp3) is 0.387. The van der Waals surface area contributed by atoms with Crippen molar-refractivity contribution in [1.82, 2.24) is 4.57 Å². The third kappa shape index (κ3) is 5.76. The molecular weight excluding hydrogens is 558 g/mol. The summed E-state index contributed by atoms with van der Waals surface area (Å²) in [5.74, 6) is -1.68. The lowest BCUT2D eigenvalue weighted by molar-refractivity contribution is -0.114. The number of nitrogens with zero attached hydrogens (tertiary/aromatic N) is 3. The Hall–Kier alpha value is -3.99. The molecule has 3 aromatic rings. The highest BCUT2D eigenvalue weighted by molar-refractivity contribution is 7.15. The van der Waals surface area contributed by atoms with Crippen molar-refractivity contribution in [3.05, 3.63) is 65.5 Å². The predicted octanol–water partition coefficient (Wildman–Crippen LogP) is 6.35. The van der Waals surface area contributed by atoms with Gasteiger partial charge in [-0.3, -0.25) is 4.79 Å². The Kier molecular flexibility index (Phi) is 9.27. The molecule has 4 rings (SSSR count). The fourth-order valence-electron chi connectivity index (χ4n) is 5.20. The lowest BCUT2D eigenvalue weighted by atomic mass is 9.96. The largest absolute Gasteiger partial charge is 0.462 e. The molecule has 10 heteroatoms. The number of Topliss-reactive ketones (excluding diaryl/α,β-unsaturated/α-hetero) is 1. The lowest BCUT2D eigenvalue weighted by Crippen LogP contribution is -2.12. The monoisotopic (exact) mass is 589 g/mol. The molecule has 0 radical (unpaired) electrons. The zero-order chi connectivity index (χ0) is 29.8. The Morgan fingerprint density at radius 2 is 1.71 bits per heavy atom. The van der Waals surface area contributed by atoms with Crippen molar-refractivity contribution in [2.75, 3.05) is 13.2 Å². The molecule has 0 amide bonds. The van der Waals surface area contributed by atoms with Gasteiger partial charge in [0.1, 0.15) is 22.0 Å². The number of rotatable bonds is 9. The first-order valence-corrected chi connectivity index (χ1v) is 15.1. The summed E-state index contributed by atoms with van der Waals surface area (Å²) >= 11 is 2.65. The van der Waals surface area contributed by atoms with Crippen molar-refractivity contribution in [3.8, 4) is 17.1 Å². The Morgan fingerprint density at radius 1 is 1.02 bits per heavy atom. The van der Waals surface area contributed by atoms with Gasteiger partial charge in [-0.15, -0.1) is 22.7 Å². The van der Waals surface area contributed by atoms with Gasteiger partial charge in [0.05, 0.1) is 29.9 Å². The number of nitriles is 2.